The summed E-state index contributed by atoms with van der Waals surface area (Å²) < 4.78 is 7.17. The first kappa shape index (κ1) is 21.0. The molecule has 2 aromatic carbocycles. The van der Waals surface area contributed by atoms with Gasteiger partial charge < -0.3 is 9.84 Å². The van der Waals surface area contributed by atoms with Crippen LogP contribution < -0.4 is 10.2 Å². The van der Waals surface area contributed by atoms with Crippen molar-refractivity contribution in [1.29, 1.82) is 0 Å². The molecule has 8 nitrogen and oxygen atoms in total. The van der Waals surface area contributed by atoms with Gasteiger partial charge >= 0.3 is 0 Å². The Balaban J connectivity index is 1.65. The molecule has 0 spiro atoms. The van der Waals surface area contributed by atoms with Crippen LogP contribution in [0.15, 0.2) is 65.8 Å². The lowest BCUT2D eigenvalue weighted by atomic mass is 10.2. The third-order valence-corrected chi connectivity index (χ3v) is 4.67. The largest absolute Gasteiger partial charge is 0.507 e. The lowest BCUT2D eigenvalue weighted by Gasteiger charge is -2.09. The molecule has 0 aliphatic carbocycles. The number of phenolic OH excluding ortho intramolecular Hbond substituents is 1. The standard InChI is InChI=1S/C24H24N6O2/c1-4-32-20-11-10-19(21(31)13-20)15-25-28-22-14-23(30-17(3)12-16(2)29-30)27-24(26-22)18-8-6-5-7-9-18/h5-15,31H,4H2,1-3H3,(H,26,27,28)/b25-15-. The third kappa shape index (κ3) is 4.75. The van der Waals surface area contributed by atoms with Gasteiger partial charge in [0.2, 0.25) is 0 Å². The molecule has 0 fully saturated rings. The van der Waals surface area contributed by atoms with Gasteiger partial charge in [-0.2, -0.15) is 10.2 Å². The Morgan fingerprint density at radius 2 is 1.88 bits per heavy atom. The number of hydrogen-bond donors (Lipinski definition) is 2. The molecule has 0 unspecified atom stereocenters. The first-order valence-corrected chi connectivity index (χ1v) is 10.3. The molecule has 0 atom stereocenters. The van der Waals surface area contributed by atoms with Crippen LogP contribution in [0.3, 0.4) is 0 Å². The van der Waals surface area contributed by atoms with Crippen LogP contribution in [0, 0.1) is 13.8 Å². The van der Waals surface area contributed by atoms with Gasteiger partial charge in [-0.25, -0.2) is 14.6 Å². The average Bonchev–Trinajstić information content (AvgIpc) is 3.14. The van der Waals surface area contributed by atoms with Crippen molar-refractivity contribution in [3.63, 3.8) is 0 Å². The summed E-state index contributed by atoms with van der Waals surface area (Å²) in [5.74, 6) is 2.37. The van der Waals surface area contributed by atoms with Crippen molar-refractivity contribution in [2.45, 2.75) is 20.8 Å². The molecule has 8 heteroatoms. The van der Waals surface area contributed by atoms with Gasteiger partial charge in [0, 0.05) is 29.0 Å². The van der Waals surface area contributed by atoms with E-state index in [0.717, 1.165) is 17.0 Å². The van der Waals surface area contributed by atoms with Crippen LogP contribution in [0.5, 0.6) is 11.5 Å². The van der Waals surface area contributed by atoms with E-state index in [1.165, 1.54) is 6.21 Å². The molecule has 2 heterocycles. The van der Waals surface area contributed by atoms with Gasteiger partial charge in [-0.3, -0.25) is 5.43 Å². The zero-order chi connectivity index (χ0) is 22.5. The fourth-order valence-electron chi connectivity index (χ4n) is 3.23. The summed E-state index contributed by atoms with van der Waals surface area (Å²) in [5, 5.41) is 19.0. The number of aromatic hydroxyl groups is 1. The molecule has 2 aromatic heterocycles. The molecule has 4 aromatic rings. The lowest BCUT2D eigenvalue weighted by Crippen LogP contribution is -2.06. The van der Waals surface area contributed by atoms with E-state index >= 15 is 0 Å². The van der Waals surface area contributed by atoms with Crippen molar-refractivity contribution in [3.05, 3.63) is 77.6 Å². The Labute approximate surface area is 186 Å². The van der Waals surface area contributed by atoms with Crippen molar-refractivity contribution in [1.82, 2.24) is 19.7 Å². The van der Waals surface area contributed by atoms with E-state index in [4.69, 9.17) is 9.72 Å². The molecule has 4 rings (SSSR count). The highest BCUT2D eigenvalue weighted by atomic mass is 16.5. The maximum atomic E-state index is 10.2. The topological polar surface area (TPSA) is 97.5 Å². The van der Waals surface area contributed by atoms with Crippen LogP contribution in [0.1, 0.15) is 23.9 Å². The van der Waals surface area contributed by atoms with E-state index in [9.17, 15) is 5.11 Å². The number of aryl methyl sites for hydroxylation is 2. The minimum absolute atomic E-state index is 0.0810. The first-order valence-electron chi connectivity index (χ1n) is 10.3. The molecule has 0 amide bonds. The fraction of sp³-hybridized carbons (Fsp3) is 0.167. The SMILES string of the molecule is CCOc1ccc(/C=N\Nc2cc(-n3nc(C)cc3C)nc(-c3ccccc3)n2)c(O)c1. The molecule has 2 N–H and O–H groups in total. The Morgan fingerprint density at radius 3 is 2.56 bits per heavy atom. The molecule has 0 aliphatic rings. The van der Waals surface area contributed by atoms with Gasteiger partial charge in [0.15, 0.2) is 17.5 Å². The second kappa shape index (κ2) is 9.30. The number of hydrazone groups is 1. The number of aromatic nitrogens is 4. The van der Waals surface area contributed by atoms with E-state index in [0.29, 0.717) is 35.4 Å². The van der Waals surface area contributed by atoms with Gasteiger partial charge in [-0.15, -0.1) is 0 Å². The molecular weight excluding hydrogens is 404 g/mol. The molecule has 0 bridgehead atoms. The van der Waals surface area contributed by atoms with Crippen molar-refractivity contribution < 1.29 is 9.84 Å². The number of hydrogen-bond acceptors (Lipinski definition) is 7. The molecule has 0 saturated carbocycles. The third-order valence-electron chi connectivity index (χ3n) is 4.67. The Morgan fingerprint density at radius 1 is 1.06 bits per heavy atom. The van der Waals surface area contributed by atoms with Gasteiger partial charge in [0.05, 0.1) is 18.5 Å². The van der Waals surface area contributed by atoms with Crippen molar-refractivity contribution in [2.75, 3.05) is 12.0 Å². The van der Waals surface area contributed by atoms with Crippen LogP contribution in [0.2, 0.25) is 0 Å². The van der Waals surface area contributed by atoms with Gasteiger partial charge in [-0.1, -0.05) is 30.3 Å². The summed E-state index contributed by atoms with van der Waals surface area (Å²) in [7, 11) is 0. The lowest BCUT2D eigenvalue weighted by molar-refractivity contribution is 0.337. The minimum atomic E-state index is 0.0810. The number of benzene rings is 2. The quantitative estimate of drug-likeness (QED) is 0.332. The predicted molar refractivity (Wildman–Crippen MR) is 125 cm³/mol. The Bertz CT molecular complexity index is 1250. The second-order valence-electron chi connectivity index (χ2n) is 7.16. The number of ether oxygens (including phenoxy) is 1. The highest BCUT2D eigenvalue weighted by molar-refractivity contribution is 5.84. The number of nitrogens with zero attached hydrogens (tertiary/aromatic N) is 5. The fourth-order valence-corrected chi connectivity index (χ4v) is 3.23. The summed E-state index contributed by atoms with van der Waals surface area (Å²) in [4.78, 5) is 9.30. The maximum Gasteiger partial charge on any atom is 0.164 e. The van der Waals surface area contributed by atoms with Gasteiger partial charge in [0.1, 0.15) is 11.5 Å². The van der Waals surface area contributed by atoms with E-state index < -0.39 is 0 Å². The molecule has 162 valence electrons. The summed E-state index contributed by atoms with van der Waals surface area (Å²) in [6.45, 7) is 6.34. The van der Waals surface area contributed by atoms with Crippen molar-refractivity contribution in [2.24, 2.45) is 5.10 Å². The maximum absolute atomic E-state index is 10.2. The molecule has 32 heavy (non-hydrogen) atoms. The van der Waals surface area contributed by atoms with Crippen molar-refractivity contribution in [3.8, 4) is 28.7 Å². The zero-order valence-corrected chi connectivity index (χ0v) is 18.1. The number of phenols is 1. The first-order chi connectivity index (χ1) is 15.5. The highest BCUT2D eigenvalue weighted by Gasteiger charge is 2.11. The Hall–Kier alpha value is -4.20. The predicted octanol–water partition coefficient (Wildman–Crippen LogP) is 4.50. The van der Waals surface area contributed by atoms with Gasteiger partial charge in [0.25, 0.3) is 0 Å². The summed E-state index contributed by atoms with van der Waals surface area (Å²) in [5.41, 5.74) is 6.25. The van der Waals surface area contributed by atoms with Crippen LogP contribution >= 0.6 is 0 Å². The minimum Gasteiger partial charge on any atom is -0.507 e. The molecule has 0 saturated heterocycles. The Kier molecular flexibility index (Phi) is 6.12. The molecular formula is C24H24N6O2. The van der Waals surface area contributed by atoms with E-state index in [-0.39, 0.29) is 5.75 Å². The second-order valence-corrected chi connectivity index (χ2v) is 7.16. The zero-order valence-electron chi connectivity index (χ0n) is 18.1. The smallest absolute Gasteiger partial charge is 0.164 e. The molecule has 0 aliphatic heterocycles. The van der Waals surface area contributed by atoms with Crippen LogP contribution in [0.4, 0.5) is 5.82 Å². The monoisotopic (exact) mass is 428 g/mol. The van der Waals surface area contributed by atoms with E-state index in [1.807, 2.05) is 57.2 Å². The van der Waals surface area contributed by atoms with Crippen LogP contribution in [0.25, 0.3) is 17.2 Å². The number of anilines is 1. The van der Waals surface area contributed by atoms with Crippen LogP contribution in [-0.4, -0.2) is 37.7 Å². The summed E-state index contributed by atoms with van der Waals surface area (Å²) in [6.07, 6.45) is 1.53. The molecule has 0 radical (unpaired) electrons. The highest BCUT2D eigenvalue weighted by Crippen LogP contribution is 2.23. The van der Waals surface area contributed by atoms with Crippen molar-refractivity contribution >= 4 is 12.0 Å². The van der Waals surface area contributed by atoms with Crippen LogP contribution in [-0.2, 0) is 0 Å². The number of rotatable bonds is 7. The summed E-state index contributed by atoms with van der Waals surface area (Å²) >= 11 is 0. The number of nitrogens with one attached hydrogen (secondary N) is 1. The average molecular weight is 428 g/mol. The van der Waals surface area contributed by atoms with E-state index in [1.54, 1.807) is 28.9 Å². The van der Waals surface area contributed by atoms with E-state index in [2.05, 4.69) is 20.6 Å². The van der Waals surface area contributed by atoms with Gasteiger partial charge in [-0.05, 0) is 39.0 Å². The normalized spacial score (nSPS) is 11.1. The summed E-state index contributed by atoms with van der Waals surface area (Å²) in [6, 6.07) is 18.6.